The van der Waals surface area contributed by atoms with Crippen molar-refractivity contribution in [3.63, 3.8) is 0 Å². The number of nitrogens with one attached hydrogen (secondary N) is 1. The van der Waals surface area contributed by atoms with E-state index < -0.39 is 9.84 Å². The fourth-order valence-electron chi connectivity index (χ4n) is 2.72. The Balaban J connectivity index is 1.61. The van der Waals surface area contributed by atoms with Gasteiger partial charge >= 0.3 is 0 Å². The number of carbonyl (C=O) groups is 1. The minimum Gasteiger partial charge on any atom is -0.497 e. The number of carbonyl (C=O) groups excluding carboxylic acids is 1. The van der Waals surface area contributed by atoms with Crippen LogP contribution < -0.4 is 10.1 Å². The summed E-state index contributed by atoms with van der Waals surface area (Å²) in [4.78, 5) is 16.9. The highest BCUT2D eigenvalue weighted by molar-refractivity contribution is 7.91. The van der Waals surface area contributed by atoms with Crippen molar-refractivity contribution in [2.45, 2.75) is 18.2 Å². The highest BCUT2D eigenvalue weighted by Crippen LogP contribution is 2.26. The van der Waals surface area contributed by atoms with Crippen LogP contribution in [0.2, 0.25) is 0 Å². The monoisotopic (exact) mass is 442 g/mol. The molecular weight excluding hydrogens is 420 g/mol. The first-order valence-corrected chi connectivity index (χ1v) is 11.9. The van der Waals surface area contributed by atoms with Crippen LogP contribution in [0.25, 0.3) is 17.3 Å². The van der Waals surface area contributed by atoms with Gasteiger partial charge < -0.3 is 4.74 Å². The third-order valence-corrected chi connectivity index (χ3v) is 6.95. The number of amides is 1. The first-order valence-electron chi connectivity index (χ1n) is 9.33. The van der Waals surface area contributed by atoms with E-state index in [1.54, 1.807) is 37.5 Å². The molecule has 8 heteroatoms. The number of ether oxygens (including phenoxy) is 1. The predicted molar refractivity (Wildman–Crippen MR) is 121 cm³/mol. The van der Waals surface area contributed by atoms with Crippen molar-refractivity contribution in [1.82, 2.24) is 4.98 Å². The summed E-state index contributed by atoms with van der Waals surface area (Å²) in [5.41, 5.74) is 2.44. The molecule has 3 aromatic rings. The first kappa shape index (κ1) is 21.7. The largest absolute Gasteiger partial charge is 0.497 e. The average Bonchev–Trinajstić information content (AvgIpc) is 3.21. The Hall–Kier alpha value is -2.97. The molecule has 0 aliphatic rings. The first-order chi connectivity index (χ1) is 14.4. The van der Waals surface area contributed by atoms with Gasteiger partial charge in [-0.2, -0.15) is 0 Å². The van der Waals surface area contributed by atoms with Gasteiger partial charge in [0.2, 0.25) is 5.91 Å². The zero-order valence-corrected chi connectivity index (χ0v) is 18.3. The molecule has 6 nitrogen and oxygen atoms in total. The Kier molecular flexibility index (Phi) is 7.02. The van der Waals surface area contributed by atoms with Gasteiger partial charge in [0, 0.05) is 17.0 Å². The minimum atomic E-state index is -3.24. The molecule has 1 N–H and O–H groups in total. The van der Waals surface area contributed by atoms with Crippen LogP contribution in [-0.2, 0) is 14.6 Å². The van der Waals surface area contributed by atoms with E-state index in [9.17, 15) is 13.2 Å². The van der Waals surface area contributed by atoms with E-state index in [-0.39, 0.29) is 11.7 Å². The number of sulfone groups is 1. The molecule has 0 atom stereocenters. The molecule has 1 heterocycles. The Morgan fingerprint density at radius 2 is 1.83 bits per heavy atom. The van der Waals surface area contributed by atoms with Crippen molar-refractivity contribution in [3.8, 4) is 17.0 Å². The van der Waals surface area contributed by atoms with Gasteiger partial charge in [-0.3, -0.25) is 10.1 Å². The number of thiazole rings is 1. The van der Waals surface area contributed by atoms with Gasteiger partial charge in [0.15, 0.2) is 15.0 Å². The van der Waals surface area contributed by atoms with Gasteiger partial charge in [-0.1, -0.05) is 19.1 Å². The smallest absolute Gasteiger partial charge is 0.250 e. The minimum absolute atomic E-state index is 0.122. The molecule has 0 radical (unpaired) electrons. The molecule has 0 fully saturated rings. The zero-order valence-electron chi connectivity index (χ0n) is 16.7. The third kappa shape index (κ3) is 5.55. The number of hydrogen-bond donors (Lipinski definition) is 1. The molecule has 2 aromatic carbocycles. The molecule has 1 aromatic heterocycles. The lowest BCUT2D eigenvalue weighted by Gasteiger charge is -2.03. The Labute approximate surface area is 180 Å². The molecule has 0 saturated carbocycles. The normalized spacial score (nSPS) is 11.5. The van der Waals surface area contributed by atoms with Crippen molar-refractivity contribution < 1.29 is 17.9 Å². The van der Waals surface area contributed by atoms with Gasteiger partial charge in [0.05, 0.1) is 23.5 Å². The molecule has 0 spiro atoms. The molecule has 3 rings (SSSR count). The van der Waals surface area contributed by atoms with Gasteiger partial charge in [-0.25, -0.2) is 13.4 Å². The van der Waals surface area contributed by atoms with Gasteiger partial charge in [-0.05, 0) is 54.5 Å². The second-order valence-electron chi connectivity index (χ2n) is 6.48. The molecule has 0 unspecified atom stereocenters. The predicted octanol–water partition coefficient (Wildman–Crippen LogP) is 4.65. The molecule has 1 amide bonds. The summed E-state index contributed by atoms with van der Waals surface area (Å²) in [7, 11) is -1.63. The maximum atomic E-state index is 12.2. The number of benzene rings is 2. The lowest BCUT2D eigenvalue weighted by molar-refractivity contribution is -0.111. The maximum absolute atomic E-state index is 12.2. The summed E-state index contributed by atoms with van der Waals surface area (Å²) in [6.45, 7) is 1.83. The molecule has 156 valence electrons. The van der Waals surface area contributed by atoms with E-state index in [2.05, 4.69) is 10.3 Å². The van der Waals surface area contributed by atoms with Crippen molar-refractivity contribution >= 4 is 38.3 Å². The number of methoxy groups -OCH3 is 1. The van der Waals surface area contributed by atoms with Crippen LogP contribution in [0.3, 0.4) is 0 Å². The average molecular weight is 443 g/mol. The van der Waals surface area contributed by atoms with Crippen molar-refractivity contribution in [1.29, 1.82) is 0 Å². The molecular formula is C22H22N2O4S2. The number of anilines is 1. The van der Waals surface area contributed by atoms with Crippen LogP contribution in [0, 0.1) is 0 Å². The van der Waals surface area contributed by atoms with E-state index in [0.29, 0.717) is 16.4 Å². The summed E-state index contributed by atoms with van der Waals surface area (Å²) in [6, 6.07) is 14.0. The van der Waals surface area contributed by atoms with Gasteiger partial charge in [-0.15, -0.1) is 11.3 Å². The third-order valence-electron chi connectivity index (χ3n) is 4.26. The molecule has 0 bridgehead atoms. The summed E-state index contributed by atoms with van der Waals surface area (Å²) < 4.78 is 29.3. The van der Waals surface area contributed by atoms with E-state index >= 15 is 0 Å². The van der Waals surface area contributed by atoms with E-state index in [1.807, 2.05) is 36.6 Å². The van der Waals surface area contributed by atoms with Crippen LogP contribution in [0.1, 0.15) is 18.9 Å². The number of aromatic nitrogens is 1. The van der Waals surface area contributed by atoms with Crippen molar-refractivity contribution in [2.24, 2.45) is 0 Å². The Bertz CT molecular complexity index is 1130. The topological polar surface area (TPSA) is 85.4 Å². The lowest BCUT2D eigenvalue weighted by atomic mass is 10.2. The van der Waals surface area contributed by atoms with Crippen LogP contribution >= 0.6 is 11.3 Å². The van der Waals surface area contributed by atoms with E-state index in [4.69, 9.17) is 4.74 Å². The van der Waals surface area contributed by atoms with Crippen LogP contribution in [0.5, 0.6) is 5.75 Å². The van der Waals surface area contributed by atoms with E-state index in [1.165, 1.54) is 17.4 Å². The Morgan fingerprint density at radius 3 is 2.47 bits per heavy atom. The van der Waals surface area contributed by atoms with Gasteiger partial charge in [0.25, 0.3) is 0 Å². The fourth-order valence-corrected chi connectivity index (χ4v) is 4.76. The SMILES string of the molecule is CCCS(=O)(=O)c1ccc(C=CC(=O)Nc2nc(-c3ccc(OC)cc3)cs2)cc1. The van der Waals surface area contributed by atoms with Crippen LogP contribution in [0.4, 0.5) is 5.13 Å². The van der Waals surface area contributed by atoms with Crippen molar-refractivity contribution in [3.05, 3.63) is 65.6 Å². The summed E-state index contributed by atoms with van der Waals surface area (Å²) >= 11 is 1.34. The van der Waals surface area contributed by atoms with Crippen molar-refractivity contribution in [2.75, 3.05) is 18.2 Å². The van der Waals surface area contributed by atoms with Crippen LogP contribution in [0.15, 0.2) is 64.9 Å². The fraction of sp³-hybridized carbons (Fsp3) is 0.182. The summed E-state index contributed by atoms with van der Waals surface area (Å²) in [6.07, 6.45) is 3.59. The van der Waals surface area contributed by atoms with Gasteiger partial charge in [0.1, 0.15) is 5.75 Å². The highest BCUT2D eigenvalue weighted by Gasteiger charge is 2.12. The number of nitrogens with zero attached hydrogens (tertiary/aromatic N) is 1. The maximum Gasteiger partial charge on any atom is 0.250 e. The number of hydrogen-bond acceptors (Lipinski definition) is 6. The zero-order chi connectivity index (χ0) is 21.6. The molecule has 0 aliphatic heterocycles. The highest BCUT2D eigenvalue weighted by atomic mass is 32.2. The van der Waals surface area contributed by atoms with E-state index in [0.717, 1.165) is 22.6 Å². The van der Waals surface area contributed by atoms with Crippen LogP contribution in [-0.4, -0.2) is 32.2 Å². The second-order valence-corrected chi connectivity index (χ2v) is 9.44. The summed E-state index contributed by atoms with van der Waals surface area (Å²) in [5.74, 6) is 0.577. The Morgan fingerprint density at radius 1 is 1.13 bits per heavy atom. The lowest BCUT2D eigenvalue weighted by Crippen LogP contribution is -2.07. The second kappa shape index (κ2) is 9.69. The standard InChI is InChI=1S/C22H22N2O4S2/c1-3-14-30(26,27)19-11-4-16(5-12-19)6-13-21(25)24-22-23-20(15-29-22)17-7-9-18(28-2)10-8-17/h4-13,15H,3,14H2,1-2H3,(H,23,24,25). The molecule has 0 aliphatic carbocycles. The molecule has 30 heavy (non-hydrogen) atoms. The summed E-state index contributed by atoms with van der Waals surface area (Å²) in [5, 5.41) is 5.11. The number of rotatable bonds is 8. The molecule has 0 saturated heterocycles. The quantitative estimate of drug-likeness (QED) is 0.513.